The van der Waals surface area contributed by atoms with Gasteiger partial charge in [0.15, 0.2) is 6.04 Å². The number of carbonyl (C=O) groups is 2. The van der Waals surface area contributed by atoms with Crippen LogP contribution >= 0.6 is 0 Å². The Bertz CT molecular complexity index is 667. The quantitative estimate of drug-likeness (QED) is 0.780. The van der Waals surface area contributed by atoms with Crippen molar-refractivity contribution >= 4 is 17.7 Å². The molecule has 2 aromatic heterocycles. The van der Waals surface area contributed by atoms with E-state index in [1.807, 2.05) is 6.92 Å². The molecule has 0 aliphatic rings. The van der Waals surface area contributed by atoms with Gasteiger partial charge in [-0.2, -0.15) is 5.10 Å². The molecule has 1 atom stereocenters. The molecule has 0 saturated carbocycles. The van der Waals surface area contributed by atoms with Crippen LogP contribution in [0.1, 0.15) is 17.2 Å². The highest BCUT2D eigenvalue weighted by Gasteiger charge is 2.23. The fourth-order valence-electron chi connectivity index (χ4n) is 1.76. The lowest BCUT2D eigenvalue weighted by molar-refractivity contribution is -0.139. The first-order chi connectivity index (χ1) is 9.97. The van der Waals surface area contributed by atoms with Crippen molar-refractivity contribution in [2.45, 2.75) is 13.0 Å². The maximum atomic E-state index is 11.9. The van der Waals surface area contributed by atoms with Gasteiger partial charge in [0.1, 0.15) is 0 Å². The zero-order valence-corrected chi connectivity index (χ0v) is 11.6. The first-order valence-electron chi connectivity index (χ1n) is 6.17. The fourth-order valence-corrected chi connectivity index (χ4v) is 1.76. The van der Waals surface area contributed by atoms with Gasteiger partial charge in [0.2, 0.25) is 0 Å². The summed E-state index contributed by atoms with van der Waals surface area (Å²) >= 11 is 0. The number of carboxylic acids is 1. The molecule has 2 aromatic rings. The monoisotopic (exact) mass is 289 g/mol. The van der Waals surface area contributed by atoms with Crippen molar-refractivity contribution in [3.05, 3.63) is 42.0 Å². The van der Waals surface area contributed by atoms with Crippen LogP contribution in [-0.4, -0.2) is 31.9 Å². The summed E-state index contributed by atoms with van der Waals surface area (Å²) in [5.41, 5.74) is 1.74. The molecular formula is C13H15N5O3. The Hall–Kier alpha value is -2.90. The second-order valence-corrected chi connectivity index (χ2v) is 4.51. The highest BCUT2D eigenvalue weighted by Crippen LogP contribution is 2.14. The number of aliphatic carboxylic acids is 1. The van der Waals surface area contributed by atoms with E-state index in [4.69, 9.17) is 0 Å². The molecule has 0 saturated heterocycles. The molecule has 0 spiro atoms. The highest BCUT2D eigenvalue weighted by atomic mass is 16.4. The summed E-state index contributed by atoms with van der Waals surface area (Å²) in [5.74, 6) is -1.17. The fraction of sp³-hybridized carbons (Fsp3) is 0.231. The van der Waals surface area contributed by atoms with Crippen LogP contribution < -0.4 is 10.6 Å². The van der Waals surface area contributed by atoms with Crippen molar-refractivity contribution in [2.75, 3.05) is 5.32 Å². The molecule has 21 heavy (non-hydrogen) atoms. The number of carboxylic acid groups (broad SMARTS) is 1. The molecule has 2 heterocycles. The summed E-state index contributed by atoms with van der Waals surface area (Å²) in [4.78, 5) is 27.1. The number of nitrogens with one attached hydrogen (secondary N) is 2. The number of carbonyl (C=O) groups excluding carboxylic acids is 1. The maximum Gasteiger partial charge on any atom is 0.331 e. The summed E-state index contributed by atoms with van der Waals surface area (Å²) < 4.78 is 1.47. The predicted octanol–water partition coefficient (Wildman–Crippen LogP) is 1.07. The molecular weight excluding hydrogens is 274 g/mol. The molecule has 8 nitrogen and oxygen atoms in total. The second-order valence-electron chi connectivity index (χ2n) is 4.51. The first-order valence-corrected chi connectivity index (χ1v) is 6.17. The van der Waals surface area contributed by atoms with E-state index in [0.29, 0.717) is 11.3 Å². The van der Waals surface area contributed by atoms with Crippen LogP contribution in [0.25, 0.3) is 0 Å². The van der Waals surface area contributed by atoms with E-state index in [-0.39, 0.29) is 0 Å². The van der Waals surface area contributed by atoms with Gasteiger partial charge in [-0.25, -0.2) is 9.59 Å². The standard InChI is InChI=1S/C13H15N5O3/c1-8-3-4-14-6-10(8)16-13(21)17-11(12(19)20)9-5-15-18(2)7-9/h3-7,11H,1-2H3,(H,19,20)(H2,16,17,21). The summed E-state index contributed by atoms with van der Waals surface area (Å²) in [6.07, 6.45) is 6.03. The number of hydrogen-bond acceptors (Lipinski definition) is 4. The Morgan fingerprint density at radius 1 is 1.38 bits per heavy atom. The smallest absolute Gasteiger partial charge is 0.331 e. The van der Waals surface area contributed by atoms with Gasteiger partial charge in [-0.05, 0) is 18.6 Å². The number of pyridine rings is 1. The van der Waals surface area contributed by atoms with Crippen LogP contribution in [0.2, 0.25) is 0 Å². The minimum atomic E-state index is -1.17. The normalized spacial score (nSPS) is 11.7. The number of rotatable bonds is 4. The zero-order chi connectivity index (χ0) is 15.4. The van der Waals surface area contributed by atoms with E-state index in [1.54, 1.807) is 19.3 Å². The minimum absolute atomic E-state index is 0.392. The first kappa shape index (κ1) is 14.5. The number of urea groups is 1. The molecule has 3 N–H and O–H groups in total. The molecule has 0 bridgehead atoms. The van der Waals surface area contributed by atoms with E-state index in [1.165, 1.54) is 23.3 Å². The number of nitrogens with zero attached hydrogens (tertiary/aromatic N) is 3. The second kappa shape index (κ2) is 6.04. The Labute approximate surface area is 120 Å². The molecule has 8 heteroatoms. The van der Waals surface area contributed by atoms with Crippen molar-refractivity contribution in [2.24, 2.45) is 7.05 Å². The molecule has 1 unspecified atom stereocenters. The van der Waals surface area contributed by atoms with Crippen molar-refractivity contribution in [3.63, 3.8) is 0 Å². The summed E-state index contributed by atoms with van der Waals surface area (Å²) in [5, 5.41) is 18.1. The van der Waals surface area contributed by atoms with Crippen LogP contribution in [0, 0.1) is 6.92 Å². The van der Waals surface area contributed by atoms with Crippen molar-refractivity contribution in [1.82, 2.24) is 20.1 Å². The molecule has 0 aliphatic carbocycles. The summed E-state index contributed by atoms with van der Waals surface area (Å²) in [6, 6.07) is -0.0520. The molecule has 2 rings (SSSR count). The number of hydrogen-bond donors (Lipinski definition) is 3. The van der Waals surface area contributed by atoms with Crippen molar-refractivity contribution < 1.29 is 14.7 Å². The van der Waals surface area contributed by atoms with Gasteiger partial charge in [-0.15, -0.1) is 0 Å². The molecule has 0 aromatic carbocycles. The molecule has 110 valence electrons. The molecule has 0 fully saturated rings. The van der Waals surface area contributed by atoms with Crippen LogP contribution in [0.5, 0.6) is 0 Å². The van der Waals surface area contributed by atoms with Gasteiger partial charge in [-0.1, -0.05) is 0 Å². The highest BCUT2D eigenvalue weighted by molar-refractivity contribution is 5.93. The molecule has 0 radical (unpaired) electrons. The van der Waals surface area contributed by atoms with Crippen molar-refractivity contribution in [1.29, 1.82) is 0 Å². The number of aromatic nitrogens is 3. The van der Waals surface area contributed by atoms with Crippen LogP contribution in [-0.2, 0) is 11.8 Å². The van der Waals surface area contributed by atoms with Gasteiger partial charge in [0.05, 0.1) is 18.1 Å². The third-order valence-electron chi connectivity index (χ3n) is 2.87. The van der Waals surface area contributed by atoms with Gasteiger partial charge in [-0.3, -0.25) is 9.67 Å². The van der Waals surface area contributed by atoms with Crippen molar-refractivity contribution in [3.8, 4) is 0 Å². The van der Waals surface area contributed by atoms with Gasteiger partial charge < -0.3 is 15.7 Å². The summed E-state index contributed by atoms with van der Waals surface area (Å²) in [7, 11) is 1.67. The third kappa shape index (κ3) is 3.56. The average Bonchev–Trinajstić information content (AvgIpc) is 2.85. The topological polar surface area (TPSA) is 109 Å². The third-order valence-corrected chi connectivity index (χ3v) is 2.87. The van der Waals surface area contributed by atoms with Crippen LogP contribution in [0.3, 0.4) is 0 Å². The predicted molar refractivity (Wildman–Crippen MR) is 74.7 cm³/mol. The lowest BCUT2D eigenvalue weighted by Gasteiger charge is -2.14. The van der Waals surface area contributed by atoms with E-state index < -0.39 is 18.0 Å². The maximum absolute atomic E-state index is 11.9. The Morgan fingerprint density at radius 3 is 2.71 bits per heavy atom. The minimum Gasteiger partial charge on any atom is -0.479 e. The lowest BCUT2D eigenvalue weighted by Crippen LogP contribution is -2.36. The van der Waals surface area contributed by atoms with Crippen LogP contribution in [0.4, 0.5) is 10.5 Å². The Balaban J connectivity index is 2.09. The molecule has 0 aliphatic heterocycles. The van der Waals surface area contributed by atoms with E-state index in [2.05, 4.69) is 20.7 Å². The number of amides is 2. The largest absolute Gasteiger partial charge is 0.479 e. The van der Waals surface area contributed by atoms with Crippen LogP contribution in [0.15, 0.2) is 30.9 Å². The molecule has 2 amide bonds. The Morgan fingerprint density at radius 2 is 2.14 bits per heavy atom. The number of anilines is 1. The lowest BCUT2D eigenvalue weighted by atomic mass is 10.1. The SMILES string of the molecule is Cc1ccncc1NC(=O)NC(C(=O)O)c1cnn(C)c1. The van der Waals surface area contributed by atoms with E-state index in [9.17, 15) is 14.7 Å². The van der Waals surface area contributed by atoms with Gasteiger partial charge in [0, 0.05) is 25.0 Å². The van der Waals surface area contributed by atoms with Gasteiger partial charge in [0.25, 0.3) is 0 Å². The zero-order valence-electron chi connectivity index (χ0n) is 11.6. The Kier molecular flexibility index (Phi) is 4.17. The average molecular weight is 289 g/mol. The number of aryl methyl sites for hydroxylation is 2. The summed E-state index contributed by atoms with van der Waals surface area (Å²) in [6.45, 7) is 1.81. The van der Waals surface area contributed by atoms with E-state index >= 15 is 0 Å². The van der Waals surface area contributed by atoms with Gasteiger partial charge >= 0.3 is 12.0 Å². The van der Waals surface area contributed by atoms with E-state index in [0.717, 1.165) is 5.56 Å².